The van der Waals surface area contributed by atoms with E-state index in [1.165, 1.54) is 36.4 Å². The van der Waals surface area contributed by atoms with E-state index < -0.39 is 5.92 Å². The summed E-state index contributed by atoms with van der Waals surface area (Å²) in [7, 11) is 0. The Morgan fingerprint density at radius 3 is 2.51 bits per heavy atom. The molecule has 1 amide bonds. The molecule has 3 heterocycles. The van der Waals surface area contributed by atoms with Gasteiger partial charge in [0.25, 0.3) is 11.8 Å². The molecule has 1 aliphatic carbocycles. The zero-order valence-electron chi connectivity index (χ0n) is 28.5. The van der Waals surface area contributed by atoms with Gasteiger partial charge >= 0.3 is 0 Å². The smallest absolute Gasteiger partial charge is 0.270 e. The van der Waals surface area contributed by atoms with E-state index in [0.717, 1.165) is 25.5 Å². The summed E-state index contributed by atoms with van der Waals surface area (Å²) in [6, 6.07) is 9.06. The van der Waals surface area contributed by atoms with Crippen molar-refractivity contribution < 1.29 is 18.3 Å². The average Bonchev–Trinajstić information content (AvgIpc) is 3.32. The maximum Gasteiger partial charge on any atom is 0.270 e. The number of ether oxygens (including phenoxy) is 1. The van der Waals surface area contributed by atoms with Crippen LogP contribution in [0.4, 0.5) is 20.4 Å². The number of benzene rings is 1. The van der Waals surface area contributed by atoms with Gasteiger partial charge < -0.3 is 26.2 Å². The normalized spacial score (nSPS) is 16.3. The minimum absolute atomic E-state index is 0.0135. The number of carbonyl (C=O) groups excluding carboxylic acids is 1. The highest BCUT2D eigenvalue weighted by Crippen LogP contribution is 2.40. The summed E-state index contributed by atoms with van der Waals surface area (Å²) in [5.74, 6) is -2.09. The van der Waals surface area contributed by atoms with E-state index in [-0.39, 0.29) is 41.8 Å². The maximum absolute atomic E-state index is 14.9. The van der Waals surface area contributed by atoms with E-state index in [0.29, 0.717) is 67.1 Å². The molecule has 2 aromatic rings. The first-order valence-corrected chi connectivity index (χ1v) is 16.9. The highest BCUT2D eigenvalue weighted by Gasteiger charge is 2.39. The van der Waals surface area contributed by atoms with Gasteiger partial charge in [0, 0.05) is 48.7 Å². The summed E-state index contributed by atoms with van der Waals surface area (Å²) in [6.07, 6.45) is 6.61. The second kappa shape index (κ2) is 18.0. The molecule has 0 spiro atoms. The molecule has 1 aromatic carbocycles. The van der Waals surface area contributed by atoms with Crippen LogP contribution >= 0.6 is 0 Å². The van der Waals surface area contributed by atoms with Gasteiger partial charge in [-0.3, -0.25) is 9.69 Å². The molecule has 1 aromatic heterocycles. The van der Waals surface area contributed by atoms with E-state index >= 15 is 0 Å². The lowest BCUT2D eigenvalue weighted by Crippen LogP contribution is -2.37. The molecule has 0 bridgehead atoms. The third kappa shape index (κ3) is 9.64. The Kier molecular flexibility index (Phi) is 14.4. The molecule has 1 unspecified atom stereocenters. The fraction of sp³-hybridized carbons (Fsp3) is 0.583. The molecule has 1 saturated carbocycles. The van der Waals surface area contributed by atoms with Crippen LogP contribution in [0.3, 0.4) is 0 Å². The zero-order valence-corrected chi connectivity index (χ0v) is 28.5. The number of alkyl halides is 2. The SMILES string of the molecule is CC.CC=N.CCCC(=N)C(c1cc(NCCC#N)nc(N2Cc3c(cc(CNCC4CCC4)cc3C(C)(F)F)C2=O)c1)C1COC1. The predicted molar refractivity (Wildman–Crippen MR) is 184 cm³/mol. The van der Waals surface area contributed by atoms with Crippen LogP contribution < -0.4 is 15.5 Å². The summed E-state index contributed by atoms with van der Waals surface area (Å²) in [5, 5.41) is 30.5. The monoisotopic (exact) mass is 651 g/mol. The number of nitrogens with one attached hydrogen (secondary N) is 4. The molecule has 9 nitrogen and oxygen atoms in total. The van der Waals surface area contributed by atoms with Crippen molar-refractivity contribution in [2.75, 3.05) is 36.5 Å². The van der Waals surface area contributed by atoms with Gasteiger partial charge in [0.15, 0.2) is 0 Å². The molecule has 2 fully saturated rings. The van der Waals surface area contributed by atoms with Crippen molar-refractivity contribution in [3.8, 4) is 6.07 Å². The lowest BCUT2D eigenvalue weighted by Gasteiger charge is -2.35. The van der Waals surface area contributed by atoms with Gasteiger partial charge in [0.2, 0.25) is 0 Å². The van der Waals surface area contributed by atoms with Gasteiger partial charge in [-0.25, -0.2) is 13.8 Å². The van der Waals surface area contributed by atoms with Gasteiger partial charge in [0.05, 0.1) is 32.2 Å². The van der Waals surface area contributed by atoms with E-state index in [1.807, 2.05) is 32.9 Å². The number of anilines is 2. The van der Waals surface area contributed by atoms with Crippen LogP contribution in [0.1, 0.15) is 112 Å². The number of pyridine rings is 1. The fourth-order valence-corrected chi connectivity index (χ4v) is 6.09. The molecule has 11 heteroatoms. The predicted octanol–water partition coefficient (Wildman–Crippen LogP) is 7.80. The molecule has 1 atom stereocenters. The molecule has 1 saturated heterocycles. The quantitative estimate of drug-likeness (QED) is 0.121. The molecule has 256 valence electrons. The topological polar surface area (TPSA) is 138 Å². The Bertz CT molecular complexity index is 1410. The molecule has 2 aliphatic heterocycles. The summed E-state index contributed by atoms with van der Waals surface area (Å²) < 4.78 is 35.3. The third-order valence-electron chi connectivity index (χ3n) is 8.60. The molecular formula is C36H51F2N7O2. The van der Waals surface area contributed by atoms with Crippen molar-refractivity contribution in [1.82, 2.24) is 10.3 Å². The molecule has 0 radical (unpaired) electrons. The lowest BCUT2D eigenvalue weighted by molar-refractivity contribution is -0.0359. The van der Waals surface area contributed by atoms with Gasteiger partial charge in [-0.2, -0.15) is 5.26 Å². The molecule has 3 aliphatic rings. The number of amides is 1. The largest absolute Gasteiger partial charge is 0.381 e. The van der Waals surface area contributed by atoms with Gasteiger partial charge in [-0.15, -0.1) is 0 Å². The summed E-state index contributed by atoms with van der Waals surface area (Å²) in [5.41, 5.74) is 2.56. The Labute approximate surface area is 278 Å². The lowest BCUT2D eigenvalue weighted by atomic mass is 9.80. The first-order valence-electron chi connectivity index (χ1n) is 16.9. The van der Waals surface area contributed by atoms with Crippen LogP contribution in [0.25, 0.3) is 0 Å². The van der Waals surface area contributed by atoms with Gasteiger partial charge in [-0.05, 0) is 85.8 Å². The number of nitrogens with zero attached hydrogens (tertiary/aromatic N) is 3. The van der Waals surface area contributed by atoms with E-state index in [4.69, 9.17) is 25.8 Å². The minimum Gasteiger partial charge on any atom is -0.381 e. The number of fused-ring (bicyclic) bond motifs is 1. The van der Waals surface area contributed by atoms with Gasteiger partial charge in [0.1, 0.15) is 11.6 Å². The van der Waals surface area contributed by atoms with E-state index in [1.54, 1.807) is 13.0 Å². The third-order valence-corrected chi connectivity index (χ3v) is 8.60. The maximum atomic E-state index is 14.9. The van der Waals surface area contributed by atoms with Crippen LogP contribution in [-0.4, -0.2) is 49.1 Å². The summed E-state index contributed by atoms with van der Waals surface area (Å²) in [6.45, 7) is 11.3. The molecule has 4 N–H and O–H groups in total. The number of carbonyl (C=O) groups is 1. The Hall–Kier alpha value is -3.75. The van der Waals surface area contributed by atoms with Crippen molar-refractivity contribution in [2.24, 2.45) is 11.8 Å². The molecule has 5 rings (SSSR count). The number of aromatic nitrogens is 1. The Morgan fingerprint density at radius 2 is 1.96 bits per heavy atom. The average molecular weight is 652 g/mol. The number of hydrogen-bond acceptors (Lipinski definition) is 8. The second-order valence-corrected chi connectivity index (χ2v) is 12.2. The first-order chi connectivity index (χ1) is 22.6. The molecule has 47 heavy (non-hydrogen) atoms. The highest BCUT2D eigenvalue weighted by atomic mass is 19.3. The number of nitriles is 1. The Balaban J connectivity index is 0.00000114. The van der Waals surface area contributed by atoms with Crippen LogP contribution in [0.15, 0.2) is 24.3 Å². The van der Waals surface area contributed by atoms with E-state index in [2.05, 4.69) is 16.7 Å². The first kappa shape index (κ1) is 37.7. The second-order valence-electron chi connectivity index (χ2n) is 12.2. The minimum atomic E-state index is -3.12. The van der Waals surface area contributed by atoms with Crippen molar-refractivity contribution >= 4 is 29.5 Å². The van der Waals surface area contributed by atoms with Crippen LogP contribution in [0.5, 0.6) is 0 Å². The van der Waals surface area contributed by atoms with Crippen molar-refractivity contribution in [1.29, 1.82) is 16.1 Å². The van der Waals surface area contributed by atoms with Crippen LogP contribution in [-0.2, 0) is 23.7 Å². The summed E-state index contributed by atoms with van der Waals surface area (Å²) in [4.78, 5) is 20.0. The fourth-order valence-electron chi connectivity index (χ4n) is 6.09. The van der Waals surface area contributed by atoms with Crippen molar-refractivity contribution in [3.05, 3.63) is 52.1 Å². The van der Waals surface area contributed by atoms with Crippen LogP contribution in [0.2, 0.25) is 0 Å². The van der Waals surface area contributed by atoms with Crippen molar-refractivity contribution in [3.63, 3.8) is 0 Å². The molecular weight excluding hydrogens is 600 g/mol. The van der Waals surface area contributed by atoms with Crippen molar-refractivity contribution in [2.45, 2.75) is 98.1 Å². The van der Waals surface area contributed by atoms with Gasteiger partial charge in [-0.1, -0.05) is 33.6 Å². The Morgan fingerprint density at radius 1 is 1.26 bits per heavy atom. The number of hydrogen-bond donors (Lipinski definition) is 4. The number of halogens is 2. The highest BCUT2D eigenvalue weighted by molar-refractivity contribution is 6.10. The van der Waals surface area contributed by atoms with Crippen LogP contribution in [0, 0.1) is 34.0 Å². The summed E-state index contributed by atoms with van der Waals surface area (Å²) >= 11 is 0. The zero-order chi connectivity index (χ0) is 34.6. The van der Waals surface area contributed by atoms with E-state index in [9.17, 15) is 13.6 Å². The number of rotatable bonds is 14. The standard InChI is InChI=1S/C32H40F2N6O2.C2H5N.C2H6/c1-3-6-27(36)30(23-18-42-19-23)22-13-28(38-10-5-9-35)39-29(14-22)40-17-25-24(31(40)41)11-21(12-26(25)32(2,33)34)16-37-15-20-7-4-8-20;1-2-3;1-2/h11-14,20,23,30,36-37H,3-8,10,15-19H2,1-2H3,(H,38,39);2-3H,1H3;1-2H3.